The second-order valence-electron chi connectivity index (χ2n) is 10.3. The Bertz CT molecular complexity index is 1470. The van der Waals surface area contributed by atoms with Crippen molar-refractivity contribution in [2.24, 2.45) is 0 Å². The topological polar surface area (TPSA) is 229 Å². The van der Waals surface area contributed by atoms with Crippen LogP contribution in [0.4, 0.5) is 0 Å². The molecule has 0 saturated carbocycles. The van der Waals surface area contributed by atoms with Crippen LogP contribution in [0.3, 0.4) is 0 Å². The van der Waals surface area contributed by atoms with Crippen LogP contribution in [0.2, 0.25) is 0 Å². The first-order chi connectivity index (χ1) is 20.0. The molecular formula is C28H32O14. The minimum atomic E-state index is -1.86. The van der Waals surface area contributed by atoms with Gasteiger partial charge in [-0.15, -0.1) is 0 Å². The number of fused-ring (bicyclic) bond motifs is 1. The number of benzene rings is 2. The van der Waals surface area contributed by atoms with E-state index in [0.717, 1.165) is 12.1 Å². The zero-order valence-electron chi connectivity index (χ0n) is 22.5. The van der Waals surface area contributed by atoms with Crippen molar-refractivity contribution in [1.29, 1.82) is 0 Å². The van der Waals surface area contributed by atoms with Gasteiger partial charge in [-0.25, -0.2) is 0 Å². The summed E-state index contributed by atoms with van der Waals surface area (Å²) in [4.78, 5) is 13.1. The molecule has 0 spiro atoms. The van der Waals surface area contributed by atoms with Crippen LogP contribution in [-0.4, -0.2) is 110 Å². The lowest BCUT2D eigenvalue weighted by Crippen LogP contribution is -2.62. The van der Waals surface area contributed by atoms with E-state index in [9.17, 15) is 45.6 Å². The molecule has 2 saturated heterocycles. The predicted molar refractivity (Wildman–Crippen MR) is 142 cm³/mol. The molecule has 0 bridgehead atoms. The third-order valence-electron chi connectivity index (χ3n) is 7.62. The molecule has 3 aromatic rings. The summed E-state index contributed by atoms with van der Waals surface area (Å²) in [6.45, 7) is 0.628. The highest BCUT2D eigenvalue weighted by Gasteiger charge is 2.51. The fourth-order valence-corrected chi connectivity index (χ4v) is 5.26. The molecule has 2 aromatic carbocycles. The normalized spacial score (nSPS) is 33.5. The predicted octanol–water partition coefficient (Wildman–Crippen LogP) is -0.754. The van der Waals surface area contributed by atoms with E-state index >= 15 is 0 Å². The van der Waals surface area contributed by atoms with Crippen LogP contribution in [0.25, 0.3) is 22.3 Å². The molecule has 10 unspecified atom stereocenters. The van der Waals surface area contributed by atoms with E-state index in [-0.39, 0.29) is 22.3 Å². The molecule has 2 aliphatic heterocycles. The van der Waals surface area contributed by atoms with Crippen LogP contribution in [0.15, 0.2) is 45.6 Å². The monoisotopic (exact) mass is 592 g/mol. The number of aliphatic hydroxyl groups is 6. The average Bonchev–Trinajstić information content (AvgIpc) is 2.97. The zero-order valence-corrected chi connectivity index (χ0v) is 22.5. The highest BCUT2D eigenvalue weighted by molar-refractivity contribution is 5.89. The van der Waals surface area contributed by atoms with Crippen LogP contribution in [0.1, 0.15) is 18.6 Å². The molecule has 3 heterocycles. The molecule has 228 valence electrons. The third-order valence-corrected chi connectivity index (χ3v) is 7.62. The first kappa shape index (κ1) is 30.2. The van der Waals surface area contributed by atoms with Crippen molar-refractivity contribution < 1.29 is 64.2 Å². The molecule has 5 rings (SSSR count). The molecule has 2 aliphatic rings. The lowest BCUT2D eigenvalue weighted by Gasteiger charge is -2.46. The molecule has 42 heavy (non-hydrogen) atoms. The van der Waals surface area contributed by atoms with Crippen molar-refractivity contribution in [1.82, 2.24) is 0 Å². The number of aliphatic hydroxyl groups excluding tert-OH is 6. The van der Waals surface area contributed by atoms with Gasteiger partial charge in [-0.2, -0.15) is 0 Å². The maximum absolute atomic E-state index is 13.1. The number of phenolic OH excluding ortho intramolecular Hbond substituents is 2. The number of rotatable bonds is 6. The maximum atomic E-state index is 13.1. The van der Waals surface area contributed by atoms with Crippen molar-refractivity contribution in [3.63, 3.8) is 0 Å². The fourth-order valence-electron chi connectivity index (χ4n) is 5.26. The summed E-state index contributed by atoms with van der Waals surface area (Å²) in [5.41, 5.74) is -0.881. The van der Waals surface area contributed by atoms with Crippen LogP contribution in [0.5, 0.6) is 17.2 Å². The fraction of sp³-hybridized carbons (Fsp3) is 0.464. The van der Waals surface area contributed by atoms with Crippen molar-refractivity contribution >= 4 is 11.0 Å². The van der Waals surface area contributed by atoms with E-state index in [4.69, 9.17) is 23.4 Å². The van der Waals surface area contributed by atoms with E-state index in [1.165, 1.54) is 14.0 Å². The second-order valence-corrected chi connectivity index (χ2v) is 10.3. The van der Waals surface area contributed by atoms with Crippen LogP contribution in [-0.2, 0) is 14.2 Å². The summed E-state index contributed by atoms with van der Waals surface area (Å²) >= 11 is 0. The van der Waals surface area contributed by atoms with Gasteiger partial charge in [0, 0.05) is 17.7 Å². The van der Waals surface area contributed by atoms with Gasteiger partial charge in [0.2, 0.25) is 0 Å². The van der Waals surface area contributed by atoms with Gasteiger partial charge < -0.3 is 64.2 Å². The Morgan fingerprint density at radius 2 is 1.55 bits per heavy atom. The number of methoxy groups -OCH3 is 1. The Morgan fingerprint density at radius 3 is 2.19 bits per heavy atom. The first-order valence-electron chi connectivity index (χ1n) is 13.1. The second kappa shape index (κ2) is 11.8. The van der Waals surface area contributed by atoms with Gasteiger partial charge in [0.25, 0.3) is 0 Å². The van der Waals surface area contributed by atoms with E-state index in [0.29, 0.717) is 11.3 Å². The lowest BCUT2D eigenvalue weighted by molar-refractivity contribution is -0.338. The summed E-state index contributed by atoms with van der Waals surface area (Å²) < 4.78 is 28.0. The van der Waals surface area contributed by atoms with Crippen molar-refractivity contribution in [3.05, 3.63) is 52.2 Å². The Labute approximate surface area is 238 Å². The molecule has 0 amide bonds. The molecule has 0 radical (unpaired) electrons. The number of aromatic hydroxyl groups is 2. The molecule has 8 N–H and O–H groups in total. The smallest absolute Gasteiger partial charge is 0.197 e. The Morgan fingerprint density at radius 1 is 0.857 bits per heavy atom. The number of hydrogen-bond acceptors (Lipinski definition) is 14. The Hall–Kier alpha value is -3.31. The SMILES string of the molecule is COc1ccc(-c2cc(=O)c3c(O)cc(O)c(C4OC(CO)C(O)C(OC5OC(C)C(O)C(O)C5O)C4O)c3o2)cc1. The van der Waals surface area contributed by atoms with Gasteiger partial charge >= 0.3 is 0 Å². The van der Waals surface area contributed by atoms with Crippen molar-refractivity contribution in [3.8, 4) is 28.6 Å². The minimum absolute atomic E-state index is 0.0403. The van der Waals surface area contributed by atoms with E-state index in [2.05, 4.69) is 0 Å². The molecule has 14 heteroatoms. The van der Waals surface area contributed by atoms with Crippen LogP contribution in [0, 0.1) is 0 Å². The minimum Gasteiger partial charge on any atom is -0.507 e. The average molecular weight is 593 g/mol. The van der Waals surface area contributed by atoms with Crippen molar-refractivity contribution in [2.45, 2.75) is 68.1 Å². The number of ether oxygens (including phenoxy) is 4. The molecular weight excluding hydrogens is 560 g/mol. The standard InChI is InChI=1S/C28H32O14/c1-10-20(33)22(35)23(36)28(39-10)42-27-21(34)17(9-29)41-26(24(27)37)19-14(31)7-13(30)18-15(32)8-16(40-25(18)19)11-3-5-12(38-2)6-4-11/h3-8,10,17,20-24,26-31,33-37H,9H2,1-2H3. The highest BCUT2D eigenvalue weighted by atomic mass is 16.7. The molecule has 0 aliphatic carbocycles. The van der Waals surface area contributed by atoms with Gasteiger partial charge in [-0.3, -0.25) is 4.79 Å². The summed E-state index contributed by atoms with van der Waals surface area (Å²) in [5.74, 6) is -0.677. The summed E-state index contributed by atoms with van der Waals surface area (Å²) in [6, 6.07) is 8.48. The van der Waals surface area contributed by atoms with Gasteiger partial charge in [0.05, 0.1) is 25.4 Å². The summed E-state index contributed by atoms with van der Waals surface area (Å²) in [5, 5.41) is 83.9. The first-order valence-corrected chi connectivity index (χ1v) is 13.1. The lowest BCUT2D eigenvalue weighted by atomic mass is 9.89. The largest absolute Gasteiger partial charge is 0.507 e. The Kier molecular flexibility index (Phi) is 8.44. The molecule has 1 aromatic heterocycles. The quantitative estimate of drug-likeness (QED) is 0.176. The maximum Gasteiger partial charge on any atom is 0.197 e. The third kappa shape index (κ3) is 5.21. The van der Waals surface area contributed by atoms with E-state index in [1.807, 2.05) is 0 Å². The molecule has 10 atom stereocenters. The van der Waals surface area contributed by atoms with Gasteiger partial charge in [0.15, 0.2) is 17.3 Å². The number of phenols is 2. The number of hydrogen-bond donors (Lipinski definition) is 8. The molecule has 2 fully saturated rings. The van der Waals surface area contributed by atoms with Crippen molar-refractivity contribution in [2.75, 3.05) is 13.7 Å². The summed E-state index contributed by atoms with van der Waals surface area (Å²) in [7, 11) is 1.49. The van der Waals surface area contributed by atoms with Crippen LogP contribution >= 0.6 is 0 Å². The van der Waals surface area contributed by atoms with E-state index < -0.39 is 84.8 Å². The van der Waals surface area contributed by atoms with Gasteiger partial charge in [-0.05, 0) is 31.2 Å². The van der Waals surface area contributed by atoms with Crippen LogP contribution < -0.4 is 10.2 Å². The Balaban J connectivity index is 1.59. The van der Waals surface area contributed by atoms with Gasteiger partial charge in [0.1, 0.15) is 77.2 Å². The zero-order chi connectivity index (χ0) is 30.5. The van der Waals surface area contributed by atoms with Gasteiger partial charge in [-0.1, -0.05) is 0 Å². The highest BCUT2D eigenvalue weighted by Crippen LogP contribution is 2.44. The summed E-state index contributed by atoms with van der Waals surface area (Å²) in [6.07, 6.45) is -15.8. The van der Waals surface area contributed by atoms with E-state index in [1.54, 1.807) is 24.3 Å². The molecule has 14 nitrogen and oxygen atoms in total.